The number of thiophene rings is 1. The van der Waals surface area contributed by atoms with E-state index in [2.05, 4.69) is 46.9 Å². The molecule has 1 aromatic rings. The van der Waals surface area contributed by atoms with Crippen molar-refractivity contribution in [3.05, 3.63) is 26.5 Å². The van der Waals surface area contributed by atoms with Crippen LogP contribution in [0.3, 0.4) is 0 Å². The van der Waals surface area contributed by atoms with E-state index in [1.807, 2.05) is 11.8 Å². The third-order valence-electron chi connectivity index (χ3n) is 11.8. The summed E-state index contributed by atoms with van der Waals surface area (Å²) in [6.07, 6.45) is 33.5. The predicted molar refractivity (Wildman–Crippen MR) is 243 cm³/mol. The molecule has 1 aliphatic heterocycles. The highest BCUT2D eigenvalue weighted by molar-refractivity contribution is 8.08. The minimum absolute atomic E-state index is 0.00436. The Bertz CT molecular complexity index is 1180. The Morgan fingerprint density at radius 2 is 1.09 bits per heavy atom. The molecule has 5 nitrogen and oxygen atoms in total. The first-order valence-electron chi connectivity index (χ1n) is 23.6. The Balaban J connectivity index is 2.35. The summed E-state index contributed by atoms with van der Waals surface area (Å²) in [7, 11) is 0. The van der Waals surface area contributed by atoms with Crippen molar-refractivity contribution in [2.45, 2.75) is 253 Å². The summed E-state index contributed by atoms with van der Waals surface area (Å²) < 4.78 is 0. The van der Waals surface area contributed by atoms with Crippen LogP contribution in [-0.4, -0.2) is 39.7 Å². The second kappa shape index (κ2) is 30.7. The Hall–Kier alpha value is -1.31. The monoisotopic (exact) mass is 803 g/mol. The molecule has 1 unspecified atom stereocenters. The minimum atomic E-state index is -0.962. The zero-order valence-corrected chi connectivity index (χ0v) is 38.6. The van der Waals surface area contributed by atoms with Gasteiger partial charge in [-0.3, -0.25) is 9.59 Å². The van der Waals surface area contributed by atoms with Gasteiger partial charge in [0.15, 0.2) is 6.23 Å². The van der Waals surface area contributed by atoms with Crippen molar-refractivity contribution in [1.29, 1.82) is 0 Å². The van der Waals surface area contributed by atoms with Gasteiger partial charge in [-0.15, -0.1) is 23.1 Å². The zero-order chi connectivity index (χ0) is 40.3. The number of carbonyl (C=O) groups excluding carboxylic acids is 2. The van der Waals surface area contributed by atoms with Crippen LogP contribution in [0.25, 0.3) is 4.91 Å². The lowest BCUT2D eigenvalue weighted by Gasteiger charge is -2.32. The summed E-state index contributed by atoms with van der Waals surface area (Å²) in [5.41, 5.74) is 2.21. The second-order valence-corrected chi connectivity index (χ2v) is 18.9. The lowest BCUT2D eigenvalue weighted by atomic mass is 9.98. The van der Waals surface area contributed by atoms with Crippen LogP contribution in [0.4, 0.5) is 0 Å². The van der Waals surface area contributed by atoms with Gasteiger partial charge in [-0.2, -0.15) is 0 Å². The van der Waals surface area contributed by atoms with Crippen molar-refractivity contribution in [3.8, 4) is 0 Å². The van der Waals surface area contributed by atoms with Crippen LogP contribution in [0, 0.1) is 0 Å². The number of amides is 2. The summed E-state index contributed by atoms with van der Waals surface area (Å²) in [5.74, 6) is 0.835. The van der Waals surface area contributed by atoms with Gasteiger partial charge >= 0.3 is 0 Å². The fraction of sp³-hybridized carbons (Fsp3) is 0.833. The minimum Gasteiger partial charge on any atom is -0.369 e. The van der Waals surface area contributed by atoms with E-state index in [1.165, 1.54) is 128 Å². The molecule has 2 heterocycles. The number of rotatable bonds is 35. The molecule has 0 spiro atoms. The van der Waals surface area contributed by atoms with Crippen molar-refractivity contribution in [3.63, 3.8) is 0 Å². The van der Waals surface area contributed by atoms with Gasteiger partial charge < -0.3 is 15.3 Å². The van der Waals surface area contributed by atoms with Crippen molar-refractivity contribution < 1.29 is 14.7 Å². The molecule has 0 aliphatic carbocycles. The van der Waals surface area contributed by atoms with Crippen molar-refractivity contribution in [1.82, 2.24) is 10.2 Å². The number of nitrogens with one attached hydrogen (secondary N) is 1. The van der Waals surface area contributed by atoms with Crippen LogP contribution in [0.5, 0.6) is 0 Å². The highest BCUT2D eigenvalue weighted by Crippen LogP contribution is 2.49. The number of aryl methyl sites for hydroxylation is 1. The molecule has 0 aromatic carbocycles. The van der Waals surface area contributed by atoms with E-state index in [9.17, 15) is 14.7 Å². The van der Waals surface area contributed by atoms with E-state index in [0.717, 1.165) is 94.9 Å². The zero-order valence-electron chi connectivity index (χ0n) is 37.0. The van der Waals surface area contributed by atoms with Crippen LogP contribution < -0.4 is 5.32 Å². The molecule has 1 aromatic heterocycles. The summed E-state index contributed by atoms with van der Waals surface area (Å²) >= 11 is 3.32. The quantitative estimate of drug-likeness (QED) is 0.0530. The molecule has 2 N–H and O–H groups in total. The predicted octanol–water partition coefficient (Wildman–Crippen LogP) is 15.1. The number of carbonyl (C=O) groups is 2. The van der Waals surface area contributed by atoms with Gasteiger partial charge in [-0.25, -0.2) is 0 Å². The lowest BCUT2D eigenvalue weighted by molar-refractivity contribution is -0.118. The van der Waals surface area contributed by atoms with Crippen LogP contribution in [0.2, 0.25) is 0 Å². The Labute approximate surface area is 348 Å². The Kier molecular flexibility index (Phi) is 27.8. The molecule has 0 fully saturated rings. The first kappa shape index (κ1) is 49.8. The second-order valence-electron chi connectivity index (χ2n) is 16.5. The maximum atomic E-state index is 14.5. The fourth-order valence-corrected chi connectivity index (χ4v) is 10.8. The maximum Gasteiger partial charge on any atom is 0.258 e. The van der Waals surface area contributed by atoms with Gasteiger partial charge in [0.05, 0.1) is 5.56 Å². The van der Waals surface area contributed by atoms with Gasteiger partial charge in [-0.05, 0) is 44.8 Å². The van der Waals surface area contributed by atoms with Gasteiger partial charge in [0.25, 0.3) is 5.91 Å². The third-order valence-corrected chi connectivity index (χ3v) is 14.4. The van der Waals surface area contributed by atoms with Crippen LogP contribution in [0.1, 0.15) is 260 Å². The molecule has 2 amide bonds. The molecule has 0 bridgehead atoms. The summed E-state index contributed by atoms with van der Waals surface area (Å²) in [6, 6.07) is 0.218. The molecular weight excluding hydrogens is 717 g/mol. The van der Waals surface area contributed by atoms with E-state index in [0.29, 0.717) is 0 Å². The number of hydrogen-bond donors (Lipinski definition) is 2. The van der Waals surface area contributed by atoms with E-state index in [4.69, 9.17) is 0 Å². The molecule has 55 heavy (non-hydrogen) atoms. The topological polar surface area (TPSA) is 69.6 Å². The highest BCUT2D eigenvalue weighted by Gasteiger charge is 2.44. The van der Waals surface area contributed by atoms with Crippen LogP contribution in [-0.2, 0) is 11.2 Å². The Morgan fingerprint density at radius 3 is 1.51 bits per heavy atom. The molecule has 1 atom stereocenters. The van der Waals surface area contributed by atoms with E-state index in [-0.39, 0.29) is 23.9 Å². The summed E-state index contributed by atoms with van der Waals surface area (Å²) in [4.78, 5) is 33.4. The van der Waals surface area contributed by atoms with E-state index < -0.39 is 6.23 Å². The summed E-state index contributed by atoms with van der Waals surface area (Å²) in [5, 5.41) is 15.7. The SMILES string of the molecule is CCCCCCCCC(CCCCCCCC)NC(=O)/C(C)=C(/SCC)c1sc(CC)c2c1C(O)N(C(CCCCCCCC)CCCCCCCC)C2=O. The van der Waals surface area contributed by atoms with Crippen LogP contribution >= 0.6 is 23.1 Å². The molecule has 0 radical (unpaired) electrons. The Morgan fingerprint density at radius 1 is 0.673 bits per heavy atom. The van der Waals surface area contributed by atoms with Gasteiger partial charge in [-0.1, -0.05) is 196 Å². The van der Waals surface area contributed by atoms with Gasteiger partial charge in [0.1, 0.15) is 0 Å². The molecule has 7 heteroatoms. The number of fused-ring (bicyclic) bond motifs is 1. The molecule has 1 aliphatic rings. The maximum absolute atomic E-state index is 14.5. The van der Waals surface area contributed by atoms with E-state index in [1.54, 1.807) is 23.1 Å². The average Bonchev–Trinajstić information content (AvgIpc) is 3.69. The molecular formula is C48H86N2O3S2. The standard InChI is InChI=1S/C48H86N2O3S2/c1-8-14-18-22-26-30-34-39(35-31-27-23-19-15-9-2)49-46(51)38(7)44(54-13-6)45-43-42(41(12-5)55-45)47(52)50(48(43)53)40(36-32-28-24-20-16-10-3)37-33-29-25-21-17-11-4/h39-40,48,53H,8-37H2,1-7H3,(H,49,51)/b44-38+. The van der Waals surface area contributed by atoms with Crippen molar-refractivity contribution >= 4 is 39.8 Å². The highest BCUT2D eigenvalue weighted by atomic mass is 32.2. The normalized spacial score (nSPS) is 14.8. The third kappa shape index (κ3) is 17.6. The van der Waals surface area contributed by atoms with Crippen molar-refractivity contribution in [2.24, 2.45) is 0 Å². The number of unbranched alkanes of at least 4 members (excludes halogenated alkanes) is 20. The number of thioether (sulfide) groups is 1. The van der Waals surface area contributed by atoms with Crippen LogP contribution in [0.15, 0.2) is 5.57 Å². The van der Waals surface area contributed by atoms with Gasteiger partial charge in [0.2, 0.25) is 5.91 Å². The molecule has 0 saturated heterocycles. The number of aliphatic hydroxyl groups is 1. The first-order valence-corrected chi connectivity index (χ1v) is 25.4. The first-order chi connectivity index (χ1) is 26.8. The smallest absolute Gasteiger partial charge is 0.258 e. The summed E-state index contributed by atoms with van der Waals surface area (Å²) in [6.45, 7) is 15.3. The van der Waals surface area contributed by atoms with Crippen molar-refractivity contribution in [2.75, 3.05) is 5.75 Å². The van der Waals surface area contributed by atoms with E-state index >= 15 is 0 Å². The molecule has 0 saturated carbocycles. The van der Waals surface area contributed by atoms with Gasteiger partial charge in [0, 0.05) is 37.9 Å². The molecule has 2 rings (SSSR count). The average molecular weight is 803 g/mol. The lowest BCUT2D eigenvalue weighted by Crippen LogP contribution is -2.38. The fourth-order valence-electron chi connectivity index (χ4n) is 8.40. The molecule has 318 valence electrons. The number of hydrogen-bond acceptors (Lipinski definition) is 5. The number of aliphatic hydroxyl groups excluding tert-OH is 1. The number of nitrogens with zero attached hydrogens (tertiary/aromatic N) is 1. The largest absolute Gasteiger partial charge is 0.369 e.